The molecule has 20 heavy (non-hydrogen) atoms. The molecule has 0 spiro atoms. The molecular formula is C17H15NO2. The average molecular weight is 265 g/mol. The van der Waals surface area contributed by atoms with Gasteiger partial charge >= 0.3 is 0 Å². The Morgan fingerprint density at radius 1 is 1.05 bits per heavy atom. The fourth-order valence-corrected chi connectivity index (χ4v) is 2.69. The van der Waals surface area contributed by atoms with E-state index in [4.69, 9.17) is 0 Å². The lowest BCUT2D eigenvalue weighted by molar-refractivity contribution is -0.116. The number of hydrogen-bond acceptors (Lipinski definition) is 2. The van der Waals surface area contributed by atoms with E-state index in [0.717, 1.165) is 22.4 Å². The molecule has 0 saturated heterocycles. The minimum Gasteiger partial charge on any atom is -0.315 e. The Morgan fingerprint density at radius 2 is 1.75 bits per heavy atom. The van der Waals surface area contributed by atoms with Crippen molar-refractivity contribution in [1.82, 2.24) is 0 Å². The molecule has 0 radical (unpaired) electrons. The van der Waals surface area contributed by atoms with E-state index in [0.29, 0.717) is 12.0 Å². The normalized spacial score (nSPS) is 12.6. The van der Waals surface area contributed by atoms with Crippen molar-refractivity contribution in [2.45, 2.75) is 13.3 Å². The fourth-order valence-electron chi connectivity index (χ4n) is 2.69. The zero-order valence-electron chi connectivity index (χ0n) is 11.5. The van der Waals surface area contributed by atoms with E-state index in [9.17, 15) is 9.59 Å². The summed E-state index contributed by atoms with van der Waals surface area (Å²) in [4.78, 5) is 25.7. The number of ketones is 1. The molecule has 0 unspecified atom stereocenters. The van der Waals surface area contributed by atoms with Gasteiger partial charge in [-0.1, -0.05) is 36.4 Å². The summed E-state index contributed by atoms with van der Waals surface area (Å²) in [7, 11) is 1.74. The molecule has 0 aliphatic heterocycles. The van der Waals surface area contributed by atoms with Gasteiger partial charge in [0.2, 0.25) is 5.91 Å². The zero-order valence-corrected chi connectivity index (χ0v) is 11.5. The van der Waals surface area contributed by atoms with Gasteiger partial charge in [0.1, 0.15) is 0 Å². The molecule has 3 rings (SSSR count). The number of anilines is 1. The second-order valence-electron chi connectivity index (χ2n) is 5.04. The molecule has 100 valence electrons. The maximum absolute atomic E-state index is 12.5. The van der Waals surface area contributed by atoms with E-state index in [1.807, 2.05) is 42.5 Å². The molecule has 0 aromatic heterocycles. The number of hydrogen-bond donors (Lipinski definition) is 0. The number of nitrogens with zero attached hydrogens (tertiary/aromatic N) is 1. The van der Waals surface area contributed by atoms with Crippen molar-refractivity contribution in [1.29, 1.82) is 0 Å². The Hall–Kier alpha value is -2.42. The Kier molecular flexibility index (Phi) is 2.90. The summed E-state index contributed by atoms with van der Waals surface area (Å²) >= 11 is 0. The molecule has 0 saturated carbocycles. The summed E-state index contributed by atoms with van der Waals surface area (Å²) in [6.07, 6.45) is 0.686. The third kappa shape index (κ3) is 1.83. The van der Waals surface area contributed by atoms with Crippen molar-refractivity contribution >= 4 is 17.4 Å². The molecule has 2 aromatic rings. The second-order valence-corrected chi connectivity index (χ2v) is 5.04. The third-order valence-corrected chi connectivity index (χ3v) is 3.86. The monoisotopic (exact) mass is 265 g/mol. The van der Waals surface area contributed by atoms with Crippen LogP contribution in [0.2, 0.25) is 0 Å². The fraction of sp³-hybridized carbons (Fsp3) is 0.176. The van der Waals surface area contributed by atoms with Gasteiger partial charge in [0.25, 0.3) is 0 Å². The lowest BCUT2D eigenvalue weighted by Gasteiger charge is -2.25. The van der Waals surface area contributed by atoms with Crippen LogP contribution in [-0.4, -0.2) is 18.7 Å². The first kappa shape index (κ1) is 12.6. The van der Waals surface area contributed by atoms with Crippen LogP contribution >= 0.6 is 0 Å². The van der Waals surface area contributed by atoms with Crippen LogP contribution in [0.25, 0.3) is 0 Å². The highest BCUT2D eigenvalue weighted by Gasteiger charge is 2.26. The Balaban J connectivity index is 2.18. The summed E-state index contributed by atoms with van der Waals surface area (Å²) in [5, 5.41) is 0. The predicted octanol–water partition coefficient (Wildman–Crippen LogP) is 2.80. The van der Waals surface area contributed by atoms with Crippen molar-refractivity contribution in [3.05, 3.63) is 64.7 Å². The molecule has 1 amide bonds. The van der Waals surface area contributed by atoms with Crippen molar-refractivity contribution in [2.75, 3.05) is 11.9 Å². The van der Waals surface area contributed by atoms with Crippen molar-refractivity contribution in [3.63, 3.8) is 0 Å². The SMILES string of the molecule is CC(=O)N(C)c1cccc2c1Cc1ccccc1C2=O. The number of rotatable bonds is 1. The molecule has 3 heteroatoms. The highest BCUT2D eigenvalue weighted by molar-refractivity contribution is 6.13. The largest absolute Gasteiger partial charge is 0.315 e. The van der Waals surface area contributed by atoms with Gasteiger partial charge in [-0.25, -0.2) is 0 Å². The summed E-state index contributed by atoms with van der Waals surface area (Å²) in [5.74, 6) is 0.00496. The first-order valence-electron chi connectivity index (χ1n) is 6.58. The smallest absolute Gasteiger partial charge is 0.223 e. The molecule has 0 heterocycles. The van der Waals surface area contributed by atoms with Crippen LogP contribution in [0.1, 0.15) is 34.0 Å². The lowest BCUT2D eigenvalue weighted by Crippen LogP contribution is -2.26. The lowest BCUT2D eigenvalue weighted by atomic mass is 9.84. The van der Waals surface area contributed by atoms with E-state index in [1.165, 1.54) is 6.92 Å². The topological polar surface area (TPSA) is 37.4 Å². The number of benzene rings is 2. The maximum Gasteiger partial charge on any atom is 0.223 e. The standard InChI is InChI=1S/C17H15NO2/c1-11(19)18(2)16-9-5-8-14-15(16)10-12-6-3-4-7-13(12)17(14)20/h3-9H,10H2,1-2H3. The Bertz CT molecular complexity index is 719. The highest BCUT2D eigenvalue weighted by atomic mass is 16.2. The van der Waals surface area contributed by atoms with E-state index in [1.54, 1.807) is 11.9 Å². The number of fused-ring (bicyclic) bond motifs is 2. The maximum atomic E-state index is 12.5. The predicted molar refractivity (Wildman–Crippen MR) is 78.2 cm³/mol. The highest BCUT2D eigenvalue weighted by Crippen LogP contribution is 2.33. The third-order valence-electron chi connectivity index (χ3n) is 3.86. The summed E-state index contributed by atoms with van der Waals surface area (Å²) < 4.78 is 0. The molecule has 0 N–H and O–H groups in total. The van der Waals surface area contributed by atoms with Gasteiger partial charge in [-0.05, 0) is 17.2 Å². The summed E-state index contributed by atoms with van der Waals surface area (Å²) in [6, 6.07) is 13.2. The Labute approximate surface area is 117 Å². The van der Waals surface area contributed by atoms with Gasteiger partial charge < -0.3 is 4.90 Å². The first-order valence-corrected chi connectivity index (χ1v) is 6.58. The van der Waals surface area contributed by atoms with Crippen LogP contribution in [0.3, 0.4) is 0 Å². The van der Waals surface area contributed by atoms with E-state index in [-0.39, 0.29) is 11.7 Å². The van der Waals surface area contributed by atoms with Crippen LogP contribution in [0, 0.1) is 0 Å². The van der Waals surface area contributed by atoms with Gasteiger partial charge in [-0.3, -0.25) is 9.59 Å². The molecule has 0 fully saturated rings. The Morgan fingerprint density at radius 3 is 2.50 bits per heavy atom. The van der Waals surface area contributed by atoms with Gasteiger partial charge in [0, 0.05) is 37.2 Å². The van der Waals surface area contributed by atoms with Gasteiger partial charge in [0.15, 0.2) is 5.78 Å². The van der Waals surface area contributed by atoms with Gasteiger partial charge in [-0.2, -0.15) is 0 Å². The first-order chi connectivity index (χ1) is 9.59. The van der Waals surface area contributed by atoms with Crippen LogP contribution in [0.4, 0.5) is 5.69 Å². The summed E-state index contributed by atoms with van der Waals surface area (Å²) in [5.41, 5.74) is 4.25. The number of carbonyl (C=O) groups is 2. The average Bonchev–Trinajstić information content (AvgIpc) is 2.46. The van der Waals surface area contributed by atoms with Crippen molar-refractivity contribution in [3.8, 4) is 0 Å². The molecule has 2 aromatic carbocycles. The molecule has 0 bridgehead atoms. The molecule has 1 aliphatic carbocycles. The van der Waals surface area contributed by atoms with Crippen LogP contribution in [-0.2, 0) is 11.2 Å². The van der Waals surface area contributed by atoms with Crippen molar-refractivity contribution < 1.29 is 9.59 Å². The second kappa shape index (κ2) is 4.60. The molecule has 0 atom stereocenters. The van der Waals surface area contributed by atoms with E-state index in [2.05, 4.69) is 0 Å². The number of amides is 1. The van der Waals surface area contributed by atoms with Crippen LogP contribution < -0.4 is 4.90 Å². The molecule has 1 aliphatic rings. The van der Waals surface area contributed by atoms with Crippen LogP contribution in [0.15, 0.2) is 42.5 Å². The molecular weight excluding hydrogens is 250 g/mol. The zero-order chi connectivity index (χ0) is 14.3. The van der Waals surface area contributed by atoms with Crippen LogP contribution in [0.5, 0.6) is 0 Å². The number of carbonyl (C=O) groups excluding carboxylic acids is 2. The van der Waals surface area contributed by atoms with Gasteiger partial charge in [0.05, 0.1) is 0 Å². The summed E-state index contributed by atoms with van der Waals surface area (Å²) in [6.45, 7) is 1.53. The van der Waals surface area contributed by atoms with Crippen molar-refractivity contribution in [2.24, 2.45) is 0 Å². The van der Waals surface area contributed by atoms with E-state index >= 15 is 0 Å². The van der Waals surface area contributed by atoms with E-state index < -0.39 is 0 Å². The molecule has 3 nitrogen and oxygen atoms in total. The quantitative estimate of drug-likeness (QED) is 0.678. The van der Waals surface area contributed by atoms with Gasteiger partial charge in [-0.15, -0.1) is 0 Å². The minimum absolute atomic E-state index is 0.0373. The minimum atomic E-state index is -0.0373.